The summed E-state index contributed by atoms with van der Waals surface area (Å²) in [5.74, 6) is 1.91. The van der Waals surface area contributed by atoms with Crippen LogP contribution in [0, 0.1) is 0 Å². The van der Waals surface area contributed by atoms with E-state index in [1.54, 1.807) is 18.1 Å². The second-order valence-corrected chi connectivity index (χ2v) is 7.16. The van der Waals surface area contributed by atoms with Gasteiger partial charge in [-0.2, -0.15) is 4.98 Å². The van der Waals surface area contributed by atoms with Crippen molar-refractivity contribution < 1.29 is 14.1 Å². The number of halogens is 1. The van der Waals surface area contributed by atoms with Crippen molar-refractivity contribution in [2.24, 2.45) is 0 Å². The number of hydrogen-bond donors (Lipinski definition) is 0. The zero-order valence-corrected chi connectivity index (χ0v) is 16.2. The Morgan fingerprint density at radius 1 is 1.18 bits per heavy atom. The third-order valence-corrected chi connectivity index (χ3v) is 5.22. The summed E-state index contributed by atoms with van der Waals surface area (Å²) in [4.78, 5) is 18.7. The van der Waals surface area contributed by atoms with Crippen LogP contribution in [-0.2, 0) is 17.6 Å². The van der Waals surface area contributed by atoms with Crippen LogP contribution in [0.25, 0.3) is 0 Å². The number of carbonyl (C=O) groups excluding carboxylic acids is 1. The van der Waals surface area contributed by atoms with E-state index in [0.717, 1.165) is 17.9 Å². The smallest absolute Gasteiger partial charge is 0.227 e. The number of methoxy groups -OCH3 is 1. The van der Waals surface area contributed by atoms with Crippen LogP contribution in [0.2, 0.25) is 5.02 Å². The molecule has 4 rings (SSSR count). The Hall–Kier alpha value is -2.86. The minimum Gasteiger partial charge on any atom is -0.497 e. The van der Waals surface area contributed by atoms with Crippen LogP contribution in [0.1, 0.15) is 29.6 Å². The molecule has 144 valence electrons. The standard InChI is InChI=1S/C21H20ClN3O3/c1-27-16-9-6-14(7-10-16)8-11-19-23-21(24-28-19)15-12-20(26)25(13-15)18-5-3-2-4-17(18)22/h2-7,9-10,15H,8,11-13H2,1H3. The van der Waals surface area contributed by atoms with Gasteiger partial charge in [-0.05, 0) is 36.2 Å². The zero-order chi connectivity index (χ0) is 19.5. The highest BCUT2D eigenvalue weighted by molar-refractivity contribution is 6.33. The summed E-state index contributed by atoms with van der Waals surface area (Å²) < 4.78 is 10.6. The molecule has 0 aliphatic carbocycles. The van der Waals surface area contributed by atoms with Gasteiger partial charge in [-0.15, -0.1) is 0 Å². The van der Waals surface area contributed by atoms with E-state index in [1.165, 1.54) is 5.56 Å². The third-order valence-electron chi connectivity index (χ3n) is 4.90. The number of amides is 1. The van der Waals surface area contributed by atoms with Crippen molar-refractivity contribution in [1.82, 2.24) is 10.1 Å². The van der Waals surface area contributed by atoms with Crippen LogP contribution in [0.3, 0.4) is 0 Å². The summed E-state index contributed by atoms with van der Waals surface area (Å²) in [5, 5.41) is 4.66. The molecule has 1 aliphatic heterocycles. The Labute approximate surface area is 168 Å². The van der Waals surface area contributed by atoms with Gasteiger partial charge in [-0.3, -0.25) is 4.79 Å². The minimum absolute atomic E-state index is 0.0164. The molecular weight excluding hydrogens is 378 g/mol. The maximum absolute atomic E-state index is 12.5. The van der Waals surface area contributed by atoms with Gasteiger partial charge in [0.05, 0.1) is 17.8 Å². The fourth-order valence-corrected chi connectivity index (χ4v) is 3.60. The summed E-state index contributed by atoms with van der Waals surface area (Å²) in [6.07, 6.45) is 1.79. The molecule has 1 aliphatic rings. The molecular formula is C21H20ClN3O3. The Bertz CT molecular complexity index is 971. The minimum atomic E-state index is -0.0951. The van der Waals surface area contributed by atoms with Gasteiger partial charge in [0.15, 0.2) is 5.82 Å². The van der Waals surface area contributed by atoms with E-state index in [0.29, 0.717) is 36.1 Å². The van der Waals surface area contributed by atoms with Crippen LogP contribution in [0.5, 0.6) is 5.75 Å². The number of rotatable bonds is 6. The molecule has 1 unspecified atom stereocenters. The van der Waals surface area contributed by atoms with E-state index < -0.39 is 0 Å². The zero-order valence-electron chi connectivity index (χ0n) is 15.5. The largest absolute Gasteiger partial charge is 0.497 e. The van der Waals surface area contributed by atoms with Crippen molar-refractivity contribution >= 4 is 23.2 Å². The van der Waals surface area contributed by atoms with E-state index in [4.69, 9.17) is 20.9 Å². The number of para-hydroxylation sites is 1. The molecule has 2 heterocycles. The van der Waals surface area contributed by atoms with Gasteiger partial charge in [0, 0.05) is 25.3 Å². The molecule has 2 aromatic carbocycles. The first-order valence-electron chi connectivity index (χ1n) is 9.14. The highest BCUT2D eigenvalue weighted by atomic mass is 35.5. The average Bonchev–Trinajstić information content (AvgIpc) is 3.34. The third kappa shape index (κ3) is 3.87. The van der Waals surface area contributed by atoms with E-state index in [1.807, 2.05) is 42.5 Å². The molecule has 0 spiro atoms. The van der Waals surface area contributed by atoms with Gasteiger partial charge in [-0.25, -0.2) is 0 Å². The second kappa shape index (κ2) is 8.02. The molecule has 0 N–H and O–H groups in total. The molecule has 28 heavy (non-hydrogen) atoms. The maximum atomic E-state index is 12.5. The average molecular weight is 398 g/mol. The number of aryl methyl sites for hydroxylation is 2. The van der Waals surface area contributed by atoms with Crippen LogP contribution in [-0.4, -0.2) is 29.7 Å². The van der Waals surface area contributed by atoms with E-state index in [2.05, 4.69) is 10.1 Å². The topological polar surface area (TPSA) is 68.5 Å². The molecule has 1 amide bonds. The molecule has 1 aromatic heterocycles. The lowest BCUT2D eigenvalue weighted by Crippen LogP contribution is -2.24. The van der Waals surface area contributed by atoms with Crippen molar-refractivity contribution in [3.05, 3.63) is 70.8 Å². The number of benzene rings is 2. The predicted octanol–water partition coefficient (Wildman–Crippen LogP) is 4.04. The van der Waals surface area contributed by atoms with Crippen LogP contribution < -0.4 is 9.64 Å². The van der Waals surface area contributed by atoms with Gasteiger partial charge < -0.3 is 14.2 Å². The van der Waals surface area contributed by atoms with Gasteiger partial charge >= 0.3 is 0 Å². The molecule has 3 aromatic rings. The van der Waals surface area contributed by atoms with Crippen molar-refractivity contribution in [3.8, 4) is 5.75 Å². The second-order valence-electron chi connectivity index (χ2n) is 6.75. The molecule has 7 heteroatoms. The lowest BCUT2D eigenvalue weighted by molar-refractivity contribution is -0.117. The lowest BCUT2D eigenvalue weighted by atomic mass is 10.1. The SMILES string of the molecule is COc1ccc(CCc2nc(C3CC(=O)N(c4ccccc4Cl)C3)no2)cc1. The van der Waals surface area contributed by atoms with Gasteiger partial charge in [0.2, 0.25) is 11.8 Å². The summed E-state index contributed by atoms with van der Waals surface area (Å²) in [5.41, 5.74) is 1.89. The van der Waals surface area contributed by atoms with Gasteiger partial charge in [0.1, 0.15) is 5.75 Å². The summed E-state index contributed by atoms with van der Waals surface area (Å²) in [6, 6.07) is 15.2. The number of anilines is 1. The monoisotopic (exact) mass is 397 g/mol. The number of carbonyl (C=O) groups is 1. The number of hydrogen-bond acceptors (Lipinski definition) is 5. The highest BCUT2D eigenvalue weighted by Crippen LogP contribution is 2.34. The molecule has 0 radical (unpaired) electrons. The Morgan fingerprint density at radius 2 is 1.96 bits per heavy atom. The Kier molecular flexibility index (Phi) is 5.30. The first kappa shape index (κ1) is 18.5. The van der Waals surface area contributed by atoms with Crippen LogP contribution in [0.4, 0.5) is 5.69 Å². The summed E-state index contributed by atoms with van der Waals surface area (Å²) in [7, 11) is 1.65. The number of aromatic nitrogens is 2. The van der Waals surface area contributed by atoms with Crippen molar-refractivity contribution in [2.75, 3.05) is 18.6 Å². The van der Waals surface area contributed by atoms with E-state index in [-0.39, 0.29) is 11.8 Å². The molecule has 0 bridgehead atoms. The molecule has 6 nitrogen and oxygen atoms in total. The fourth-order valence-electron chi connectivity index (χ4n) is 3.36. The van der Waals surface area contributed by atoms with Crippen LogP contribution >= 0.6 is 11.6 Å². The number of ether oxygens (including phenoxy) is 1. The fraction of sp³-hybridized carbons (Fsp3) is 0.286. The predicted molar refractivity (Wildman–Crippen MR) is 106 cm³/mol. The van der Waals surface area contributed by atoms with E-state index in [9.17, 15) is 4.79 Å². The summed E-state index contributed by atoms with van der Waals surface area (Å²) >= 11 is 6.23. The molecule has 0 saturated carbocycles. The van der Waals surface area contributed by atoms with Crippen molar-refractivity contribution in [2.45, 2.75) is 25.2 Å². The van der Waals surface area contributed by atoms with Gasteiger partial charge in [-0.1, -0.05) is 41.0 Å². The Balaban J connectivity index is 1.40. The highest BCUT2D eigenvalue weighted by Gasteiger charge is 2.35. The van der Waals surface area contributed by atoms with E-state index >= 15 is 0 Å². The lowest BCUT2D eigenvalue weighted by Gasteiger charge is -2.17. The van der Waals surface area contributed by atoms with Crippen molar-refractivity contribution in [1.29, 1.82) is 0 Å². The quantitative estimate of drug-likeness (QED) is 0.628. The van der Waals surface area contributed by atoms with Gasteiger partial charge in [0.25, 0.3) is 0 Å². The molecule has 1 saturated heterocycles. The normalized spacial score (nSPS) is 16.6. The van der Waals surface area contributed by atoms with Crippen LogP contribution in [0.15, 0.2) is 53.1 Å². The maximum Gasteiger partial charge on any atom is 0.227 e. The Morgan fingerprint density at radius 3 is 2.71 bits per heavy atom. The van der Waals surface area contributed by atoms with Crippen molar-refractivity contribution in [3.63, 3.8) is 0 Å². The first-order chi connectivity index (χ1) is 13.6. The molecule has 1 fully saturated rings. The number of nitrogens with zero attached hydrogens (tertiary/aromatic N) is 3. The summed E-state index contributed by atoms with van der Waals surface area (Å²) in [6.45, 7) is 0.500. The molecule has 1 atom stereocenters. The first-order valence-corrected chi connectivity index (χ1v) is 9.52.